The lowest BCUT2D eigenvalue weighted by Crippen LogP contribution is -2.03. The van der Waals surface area contributed by atoms with Gasteiger partial charge in [-0.3, -0.25) is 0 Å². The fourth-order valence-corrected chi connectivity index (χ4v) is 1.89. The topological polar surface area (TPSA) is 47.6 Å². The van der Waals surface area contributed by atoms with E-state index in [1.165, 1.54) is 7.11 Å². The Kier molecular flexibility index (Phi) is 4.60. The molecule has 0 heterocycles. The SMILES string of the molecule is COC(=O)c1ccc(NCc2ccccc2OC)cc1. The van der Waals surface area contributed by atoms with Gasteiger partial charge in [-0.1, -0.05) is 18.2 Å². The van der Waals surface area contributed by atoms with Gasteiger partial charge in [-0.2, -0.15) is 0 Å². The molecule has 0 bridgehead atoms. The van der Waals surface area contributed by atoms with Crippen molar-refractivity contribution >= 4 is 11.7 Å². The summed E-state index contributed by atoms with van der Waals surface area (Å²) in [4.78, 5) is 11.3. The summed E-state index contributed by atoms with van der Waals surface area (Å²) < 4.78 is 9.96. The first-order valence-corrected chi connectivity index (χ1v) is 6.28. The van der Waals surface area contributed by atoms with Crippen LogP contribution in [0.1, 0.15) is 15.9 Å². The van der Waals surface area contributed by atoms with Crippen LogP contribution in [-0.2, 0) is 11.3 Å². The van der Waals surface area contributed by atoms with E-state index in [1.54, 1.807) is 19.2 Å². The number of carbonyl (C=O) groups excluding carboxylic acids is 1. The van der Waals surface area contributed by atoms with E-state index in [-0.39, 0.29) is 5.97 Å². The Labute approximate surface area is 118 Å². The standard InChI is InChI=1S/C16H17NO3/c1-19-15-6-4-3-5-13(15)11-17-14-9-7-12(8-10-14)16(18)20-2/h3-10,17H,11H2,1-2H3. The van der Waals surface area contributed by atoms with Crippen molar-refractivity contribution in [3.8, 4) is 5.75 Å². The molecule has 0 saturated heterocycles. The number of rotatable bonds is 5. The third-order valence-corrected chi connectivity index (χ3v) is 2.98. The van der Waals surface area contributed by atoms with Crippen LogP contribution in [0.25, 0.3) is 0 Å². The normalized spacial score (nSPS) is 9.90. The minimum absolute atomic E-state index is 0.332. The highest BCUT2D eigenvalue weighted by atomic mass is 16.5. The summed E-state index contributed by atoms with van der Waals surface area (Å²) in [6.45, 7) is 0.654. The van der Waals surface area contributed by atoms with Crippen LogP contribution < -0.4 is 10.1 Å². The van der Waals surface area contributed by atoms with Crippen molar-refractivity contribution in [2.75, 3.05) is 19.5 Å². The maximum atomic E-state index is 11.3. The molecule has 1 N–H and O–H groups in total. The molecule has 0 spiro atoms. The van der Waals surface area contributed by atoms with Gasteiger partial charge in [0.05, 0.1) is 19.8 Å². The van der Waals surface area contributed by atoms with E-state index in [2.05, 4.69) is 10.1 Å². The summed E-state index contributed by atoms with van der Waals surface area (Å²) >= 11 is 0. The van der Waals surface area contributed by atoms with Crippen LogP contribution in [0.2, 0.25) is 0 Å². The summed E-state index contributed by atoms with van der Waals surface area (Å²) in [7, 11) is 3.03. The number of ether oxygens (including phenoxy) is 2. The minimum Gasteiger partial charge on any atom is -0.496 e. The van der Waals surface area contributed by atoms with Crippen LogP contribution in [0.3, 0.4) is 0 Å². The molecule has 0 saturated carbocycles. The molecule has 0 radical (unpaired) electrons. The Morgan fingerprint density at radius 1 is 1.05 bits per heavy atom. The van der Waals surface area contributed by atoms with Crippen LogP contribution in [0.15, 0.2) is 48.5 Å². The molecule has 2 aromatic rings. The minimum atomic E-state index is -0.332. The van der Waals surface area contributed by atoms with E-state index >= 15 is 0 Å². The van der Waals surface area contributed by atoms with Gasteiger partial charge < -0.3 is 14.8 Å². The van der Waals surface area contributed by atoms with Crippen molar-refractivity contribution in [3.05, 3.63) is 59.7 Å². The number of esters is 1. The molecule has 0 unspecified atom stereocenters. The lowest BCUT2D eigenvalue weighted by molar-refractivity contribution is 0.0601. The maximum Gasteiger partial charge on any atom is 0.337 e. The lowest BCUT2D eigenvalue weighted by atomic mass is 10.1. The van der Waals surface area contributed by atoms with Crippen LogP contribution in [0, 0.1) is 0 Å². The number of methoxy groups -OCH3 is 2. The Morgan fingerprint density at radius 3 is 2.40 bits per heavy atom. The van der Waals surface area contributed by atoms with Gasteiger partial charge in [-0.15, -0.1) is 0 Å². The van der Waals surface area contributed by atoms with Gasteiger partial charge in [0.25, 0.3) is 0 Å². The number of hydrogen-bond acceptors (Lipinski definition) is 4. The average Bonchev–Trinajstić information content (AvgIpc) is 2.53. The molecule has 104 valence electrons. The lowest BCUT2D eigenvalue weighted by Gasteiger charge is -2.10. The molecule has 0 aliphatic rings. The first kappa shape index (κ1) is 13.9. The average molecular weight is 271 g/mol. The summed E-state index contributed by atoms with van der Waals surface area (Å²) in [5, 5.41) is 3.29. The molecule has 2 rings (SSSR count). The molecular weight excluding hydrogens is 254 g/mol. The van der Waals surface area contributed by atoms with Crippen LogP contribution in [0.4, 0.5) is 5.69 Å². The largest absolute Gasteiger partial charge is 0.496 e. The van der Waals surface area contributed by atoms with Gasteiger partial charge in [0.1, 0.15) is 5.75 Å². The van der Waals surface area contributed by atoms with Crippen molar-refractivity contribution in [2.24, 2.45) is 0 Å². The number of anilines is 1. The van der Waals surface area contributed by atoms with E-state index in [1.807, 2.05) is 36.4 Å². The fraction of sp³-hybridized carbons (Fsp3) is 0.188. The van der Waals surface area contributed by atoms with E-state index in [9.17, 15) is 4.79 Å². The quantitative estimate of drug-likeness (QED) is 0.849. The van der Waals surface area contributed by atoms with E-state index in [0.29, 0.717) is 12.1 Å². The van der Waals surface area contributed by atoms with Gasteiger partial charge in [-0.05, 0) is 30.3 Å². The smallest absolute Gasteiger partial charge is 0.337 e. The molecule has 0 fully saturated rings. The van der Waals surface area contributed by atoms with Gasteiger partial charge >= 0.3 is 5.97 Å². The summed E-state index contributed by atoms with van der Waals surface area (Å²) in [5.74, 6) is 0.521. The van der Waals surface area contributed by atoms with Crippen LogP contribution in [0.5, 0.6) is 5.75 Å². The van der Waals surface area contributed by atoms with Crippen molar-refractivity contribution in [3.63, 3.8) is 0 Å². The first-order valence-electron chi connectivity index (χ1n) is 6.28. The van der Waals surface area contributed by atoms with E-state index < -0.39 is 0 Å². The van der Waals surface area contributed by atoms with Crippen molar-refractivity contribution in [1.29, 1.82) is 0 Å². The number of nitrogens with one attached hydrogen (secondary N) is 1. The van der Waals surface area contributed by atoms with Gasteiger partial charge in [0.2, 0.25) is 0 Å². The Balaban J connectivity index is 2.02. The molecule has 2 aromatic carbocycles. The second-order valence-electron chi connectivity index (χ2n) is 4.23. The van der Waals surface area contributed by atoms with E-state index in [4.69, 9.17) is 4.74 Å². The molecule has 0 atom stereocenters. The number of benzene rings is 2. The molecule has 0 amide bonds. The third-order valence-electron chi connectivity index (χ3n) is 2.98. The van der Waals surface area contributed by atoms with Crippen molar-refractivity contribution in [1.82, 2.24) is 0 Å². The van der Waals surface area contributed by atoms with Gasteiger partial charge in [0.15, 0.2) is 0 Å². The Hall–Kier alpha value is -2.49. The summed E-state index contributed by atoms with van der Waals surface area (Å²) in [6.07, 6.45) is 0. The Morgan fingerprint density at radius 2 is 1.75 bits per heavy atom. The van der Waals surface area contributed by atoms with E-state index in [0.717, 1.165) is 17.0 Å². The zero-order valence-corrected chi connectivity index (χ0v) is 11.6. The second-order valence-corrected chi connectivity index (χ2v) is 4.23. The predicted octanol–water partition coefficient (Wildman–Crippen LogP) is 3.09. The predicted molar refractivity (Wildman–Crippen MR) is 78.1 cm³/mol. The molecule has 4 nitrogen and oxygen atoms in total. The zero-order valence-electron chi connectivity index (χ0n) is 11.6. The number of carbonyl (C=O) groups is 1. The third kappa shape index (κ3) is 3.29. The zero-order chi connectivity index (χ0) is 14.4. The highest BCUT2D eigenvalue weighted by Crippen LogP contribution is 2.19. The maximum absolute atomic E-state index is 11.3. The number of hydrogen-bond donors (Lipinski definition) is 1. The monoisotopic (exact) mass is 271 g/mol. The molecule has 4 heteroatoms. The second kappa shape index (κ2) is 6.61. The highest BCUT2D eigenvalue weighted by molar-refractivity contribution is 5.89. The van der Waals surface area contributed by atoms with Gasteiger partial charge in [0, 0.05) is 17.8 Å². The molecule has 0 aromatic heterocycles. The summed E-state index contributed by atoms with van der Waals surface area (Å²) in [5.41, 5.74) is 2.55. The van der Waals surface area contributed by atoms with Crippen LogP contribution in [-0.4, -0.2) is 20.2 Å². The number of para-hydroxylation sites is 1. The molecule has 0 aliphatic carbocycles. The fourth-order valence-electron chi connectivity index (χ4n) is 1.89. The van der Waals surface area contributed by atoms with Crippen molar-refractivity contribution < 1.29 is 14.3 Å². The molecule has 20 heavy (non-hydrogen) atoms. The van der Waals surface area contributed by atoms with Crippen LogP contribution >= 0.6 is 0 Å². The summed E-state index contributed by atoms with van der Waals surface area (Å²) in [6, 6.07) is 15.0. The van der Waals surface area contributed by atoms with Gasteiger partial charge in [-0.25, -0.2) is 4.79 Å². The highest BCUT2D eigenvalue weighted by Gasteiger charge is 2.05. The Bertz CT molecular complexity index is 579. The molecule has 0 aliphatic heterocycles. The molecular formula is C16H17NO3. The first-order chi connectivity index (χ1) is 9.74. The van der Waals surface area contributed by atoms with Crippen molar-refractivity contribution in [2.45, 2.75) is 6.54 Å².